The summed E-state index contributed by atoms with van der Waals surface area (Å²) >= 11 is 3.57. The number of ether oxygens (including phenoxy) is 3. The first kappa shape index (κ1) is 18.7. The molecule has 26 heavy (non-hydrogen) atoms. The summed E-state index contributed by atoms with van der Waals surface area (Å²) in [6.45, 7) is 5.30. The molecule has 2 aromatic rings. The van der Waals surface area contributed by atoms with Gasteiger partial charge in [-0.2, -0.15) is 0 Å². The zero-order valence-electron chi connectivity index (χ0n) is 15.4. The molecule has 0 bridgehead atoms. The Bertz CT molecular complexity index is 819. The summed E-state index contributed by atoms with van der Waals surface area (Å²) in [5, 5.41) is 12.0. The van der Waals surface area contributed by atoms with Gasteiger partial charge >= 0.3 is 0 Å². The molecule has 1 aliphatic rings. The van der Waals surface area contributed by atoms with Crippen molar-refractivity contribution in [1.29, 1.82) is 0 Å². The van der Waals surface area contributed by atoms with Gasteiger partial charge in [0.15, 0.2) is 17.3 Å². The van der Waals surface area contributed by atoms with Gasteiger partial charge in [-0.25, -0.2) is 0 Å². The number of hydrogen-bond donors (Lipinski definition) is 1. The first-order chi connectivity index (χ1) is 12.6. The van der Waals surface area contributed by atoms with Crippen molar-refractivity contribution in [3.63, 3.8) is 0 Å². The molecule has 0 radical (unpaired) electrons. The van der Waals surface area contributed by atoms with Crippen molar-refractivity contribution >= 4 is 27.6 Å². The topological polar surface area (TPSA) is 70.4 Å². The Balaban J connectivity index is 1.98. The lowest BCUT2D eigenvalue weighted by atomic mass is 10.1. The van der Waals surface area contributed by atoms with Crippen LogP contribution in [0.2, 0.25) is 0 Å². The van der Waals surface area contributed by atoms with E-state index in [1.54, 1.807) is 14.2 Å². The molecule has 0 fully saturated rings. The highest BCUT2D eigenvalue weighted by Gasteiger charge is 2.27. The van der Waals surface area contributed by atoms with Crippen molar-refractivity contribution in [3.05, 3.63) is 34.1 Å². The Kier molecular flexibility index (Phi) is 5.83. The number of anilines is 2. The van der Waals surface area contributed by atoms with Crippen molar-refractivity contribution in [2.45, 2.75) is 32.9 Å². The van der Waals surface area contributed by atoms with E-state index in [2.05, 4.69) is 55.9 Å². The van der Waals surface area contributed by atoms with Crippen molar-refractivity contribution in [1.82, 2.24) is 14.8 Å². The third kappa shape index (κ3) is 3.57. The third-order valence-corrected chi connectivity index (χ3v) is 5.01. The Labute approximate surface area is 161 Å². The highest BCUT2D eigenvalue weighted by Crippen LogP contribution is 2.38. The van der Waals surface area contributed by atoms with E-state index in [0.717, 1.165) is 22.4 Å². The van der Waals surface area contributed by atoms with Crippen LogP contribution in [0.15, 0.2) is 28.3 Å². The maximum Gasteiger partial charge on any atom is 0.229 e. The number of benzene rings is 1. The SMILES string of the molecule is CCC=C(C)C1COCc2nnc(Nc3cc(OC)c(OC)cc3Br)n21. The number of aromatic nitrogens is 3. The number of nitrogens with zero attached hydrogens (tertiary/aromatic N) is 3. The molecule has 1 N–H and O–H groups in total. The van der Waals surface area contributed by atoms with Crippen LogP contribution in [0, 0.1) is 0 Å². The molecule has 0 saturated carbocycles. The molecular weight excluding hydrogens is 400 g/mol. The fraction of sp³-hybridized carbons (Fsp3) is 0.444. The van der Waals surface area contributed by atoms with E-state index in [4.69, 9.17) is 14.2 Å². The monoisotopic (exact) mass is 422 g/mol. The van der Waals surface area contributed by atoms with Gasteiger partial charge in [0.2, 0.25) is 5.95 Å². The first-order valence-electron chi connectivity index (χ1n) is 8.45. The van der Waals surface area contributed by atoms with Crippen molar-refractivity contribution in [3.8, 4) is 11.5 Å². The fourth-order valence-corrected chi connectivity index (χ4v) is 3.46. The summed E-state index contributed by atoms with van der Waals surface area (Å²) in [6, 6.07) is 3.81. The highest BCUT2D eigenvalue weighted by atomic mass is 79.9. The summed E-state index contributed by atoms with van der Waals surface area (Å²) in [5.74, 6) is 2.77. The second kappa shape index (κ2) is 8.09. The van der Waals surface area contributed by atoms with Crippen LogP contribution in [-0.2, 0) is 11.3 Å². The molecule has 7 nitrogen and oxygen atoms in total. The lowest BCUT2D eigenvalue weighted by Crippen LogP contribution is -2.25. The zero-order chi connectivity index (χ0) is 18.7. The molecular formula is C18H23BrN4O3. The number of halogens is 1. The highest BCUT2D eigenvalue weighted by molar-refractivity contribution is 9.10. The van der Waals surface area contributed by atoms with Gasteiger partial charge in [-0.1, -0.05) is 18.6 Å². The Morgan fingerprint density at radius 1 is 1.35 bits per heavy atom. The predicted octanol–water partition coefficient (Wildman–Crippen LogP) is 4.23. The molecule has 0 saturated heterocycles. The summed E-state index contributed by atoms with van der Waals surface area (Å²) in [6.07, 6.45) is 3.18. The minimum atomic E-state index is 0.0788. The molecule has 0 aliphatic carbocycles. The largest absolute Gasteiger partial charge is 0.493 e. The molecule has 0 spiro atoms. The van der Waals surface area contributed by atoms with E-state index in [1.807, 2.05) is 12.1 Å². The molecule has 140 valence electrons. The zero-order valence-corrected chi connectivity index (χ0v) is 17.0. The van der Waals surface area contributed by atoms with Crippen LogP contribution in [0.4, 0.5) is 11.6 Å². The van der Waals surface area contributed by atoms with Gasteiger partial charge in [0, 0.05) is 16.6 Å². The van der Waals surface area contributed by atoms with Crippen LogP contribution < -0.4 is 14.8 Å². The normalized spacial score (nSPS) is 17.0. The molecule has 1 aromatic carbocycles. The minimum absolute atomic E-state index is 0.0788. The number of hydrogen-bond acceptors (Lipinski definition) is 6. The van der Waals surface area contributed by atoms with E-state index < -0.39 is 0 Å². The molecule has 1 unspecified atom stereocenters. The van der Waals surface area contributed by atoms with Gasteiger partial charge in [0.25, 0.3) is 0 Å². The average molecular weight is 423 g/mol. The summed E-state index contributed by atoms with van der Waals surface area (Å²) in [5.41, 5.74) is 2.06. The Morgan fingerprint density at radius 2 is 2.08 bits per heavy atom. The number of nitrogens with one attached hydrogen (secondary N) is 1. The lowest BCUT2D eigenvalue weighted by molar-refractivity contribution is 0.0658. The van der Waals surface area contributed by atoms with E-state index >= 15 is 0 Å². The van der Waals surface area contributed by atoms with Crippen LogP contribution in [0.25, 0.3) is 0 Å². The van der Waals surface area contributed by atoms with E-state index in [-0.39, 0.29) is 6.04 Å². The standard InChI is InChI=1S/C18H23BrN4O3/c1-5-6-11(2)14-9-26-10-17-21-22-18(23(14)17)20-13-8-16(25-4)15(24-3)7-12(13)19/h6-8,14H,5,9-10H2,1-4H3,(H,20,22). The quantitative estimate of drug-likeness (QED) is 0.702. The first-order valence-corrected chi connectivity index (χ1v) is 9.25. The minimum Gasteiger partial charge on any atom is -0.493 e. The molecule has 1 aromatic heterocycles. The second-order valence-electron chi connectivity index (χ2n) is 6.01. The number of fused-ring (bicyclic) bond motifs is 1. The van der Waals surface area contributed by atoms with Gasteiger partial charge in [-0.3, -0.25) is 4.57 Å². The van der Waals surface area contributed by atoms with E-state index in [0.29, 0.717) is 30.7 Å². The maximum absolute atomic E-state index is 5.69. The summed E-state index contributed by atoms with van der Waals surface area (Å²) in [4.78, 5) is 0. The molecule has 8 heteroatoms. The average Bonchev–Trinajstić information content (AvgIpc) is 3.06. The van der Waals surface area contributed by atoms with Crippen molar-refractivity contribution < 1.29 is 14.2 Å². The smallest absolute Gasteiger partial charge is 0.229 e. The van der Waals surface area contributed by atoms with Crippen LogP contribution >= 0.6 is 15.9 Å². The number of methoxy groups -OCH3 is 2. The molecule has 0 amide bonds. The van der Waals surface area contributed by atoms with Crippen LogP contribution in [0.3, 0.4) is 0 Å². The second-order valence-corrected chi connectivity index (χ2v) is 6.86. The van der Waals surface area contributed by atoms with Crippen LogP contribution in [0.5, 0.6) is 11.5 Å². The lowest BCUT2D eigenvalue weighted by Gasteiger charge is -2.27. The van der Waals surface area contributed by atoms with Crippen LogP contribution in [-0.4, -0.2) is 35.6 Å². The summed E-state index contributed by atoms with van der Waals surface area (Å²) in [7, 11) is 3.22. The van der Waals surface area contributed by atoms with Gasteiger partial charge in [-0.05, 0) is 29.3 Å². The van der Waals surface area contributed by atoms with E-state index in [1.165, 1.54) is 5.57 Å². The maximum atomic E-state index is 5.69. The summed E-state index contributed by atoms with van der Waals surface area (Å²) < 4.78 is 19.4. The van der Waals surface area contributed by atoms with Gasteiger partial charge in [0.05, 0.1) is 32.6 Å². The third-order valence-electron chi connectivity index (χ3n) is 4.36. The number of rotatable bonds is 6. The number of allylic oxidation sites excluding steroid dienone is 1. The van der Waals surface area contributed by atoms with Gasteiger partial charge in [0.1, 0.15) is 6.61 Å². The Morgan fingerprint density at radius 3 is 2.77 bits per heavy atom. The van der Waals surface area contributed by atoms with Gasteiger partial charge in [-0.15, -0.1) is 10.2 Å². The molecule has 2 heterocycles. The van der Waals surface area contributed by atoms with E-state index in [9.17, 15) is 0 Å². The molecule has 1 aliphatic heterocycles. The van der Waals surface area contributed by atoms with Crippen LogP contribution in [0.1, 0.15) is 32.1 Å². The van der Waals surface area contributed by atoms with Crippen molar-refractivity contribution in [2.75, 3.05) is 26.1 Å². The van der Waals surface area contributed by atoms with Gasteiger partial charge < -0.3 is 19.5 Å². The fourth-order valence-electron chi connectivity index (χ4n) is 3.03. The van der Waals surface area contributed by atoms with Crippen molar-refractivity contribution in [2.24, 2.45) is 0 Å². The predicted molar refractivity (Wildman–Crippen MR) is 103 cm³/mol. The molecule has 3 rings (SSSR count). The molecule has 1 atom stereocenters. The Hall–Kier alpha value is -2.06.